The summed E-state index contributed by atoms with van der Waals surface area (Å²) in [5.41, 5.74) is 11.2. The van der Waals surface area contributed by atoms with E-state index >= 15 is 0 Å². The quantitative estimate of drug-likeness (QED) is 0.726. The van der Waals surface area contributed by atoms with Crippen molar-refractivity contribution < 1.29 is 4.79 Å². The molecule has 20 heavy (non-hydrogen) atoms. The lowest BCUT2D eigenvalue weighted by Gasteiger charge is -2.09. The number of amides is 1. The molecule has 0 bridgehead atoms. The number of aromatic nitrogens is 3. The summed E-state index contributed by atoms with van der Waals surface area (Å²) in [6.07, 6.45) is 0. The van der Waals surface area contributed by atoms with E-state index in [1.54, 1.807) is 18.2 Å². The molecule has 2 aromatic rings. The Kier molecular flexibility index (Phi) is 3.84. The molecule has 0 aliphatic heterocycles. The summed E-state index contributed by atoms with van der Waals surface area (Å²) < 4.78 is 1.53. The van der Waals surface area contributed by atoms with Crippen molar-refractivity contribution in [1.29, 1.82) is 0 Å². The molecule has 0 unspecified atom stereocenters. The molecule has 0 aliphatic carbocycles. The third-order valence-electron chi connectivity index (χ3n) is 2.69. The number of nitrogens with zero attached hydrogens (tertiary/aromatic N) is 2. The van der Waals surface area contributed by atoms with Crippen LogP contribution >= 0.6 is 11.8 Å². The first kappa shape index (κ1) is 14.2. The predicted octanol–water partition coefficient (Wildman–Crippen LogP) is 0.985. The minimum absolute atomic E-state index is 0.0202. The number of nitrogens with one attached hydrogen (secondary N) is 1. The first-order chi connectivity index (χ1) is 9.40. The number of benzene rings is 1. The highest BCUT2D eigenvalue weighted by molar-refractivity contribution is 7.99. The smallest absolute Gasteiger partial charge is 0.344 e. The number of carbonyl (C=O) groups excluding carboxylic acids is 1. The Hall–Kier alpha value is -2.22. The molecular weight excluding hydrogens is 278 g/mol. The first-order valence-corrected chi connectivity index (χ1v) is 6.76. The van der Waals surface area contributed by atoms with Gasteiger partial charge in [-0.2, -0.15) is 0 Å². The first-order valence-electron chi connectivity index (χ1n) is 5.94. The average Bonchev–Trinajstić information content (AvgIpc) is 2.72. The van der Waals surface area contributed by atoms with Crippen LogP contribution in [0.1, 0.15) is 30.2 Å². The molecule has 0 atom stereocenters. The van der Waals surface area contributed by atoms with Crippen molar-refractivity contribution in [3.63, 3.8) is 0 Å². The summed E-state index contributed by atoms with van der Waals surface area (Å²) in [4.78, 5) is 23.6. The van der Waals surface area contributed by atoms with Gasteiger partial charge in [-0.3, -0.25) is 9.36 Å². The second-order valence-electron chi connectivity index (χ2n) is 4.49. The number of anilines is 1. The number of aromatic amines is 1. The van der Waals surface area contributed by atoms with Crippen LogP contribution in [0, 0.1) is 0 Å². The molecule has 0 aliphatic rings. The molecular formula is C12H15N5O2S. The van der Waals surface area contributed by atoms with Gasteiger partial charge in [0.1, 0.15) is 0 Å². The molecule has 8 heteroatoms. The molecule has 1 aromatic heterocycles. The molecule has 0 spiro atoms. The summed E-state index contributed by atoms with van der Waals surface area (Å²) in [6.45, 7) is 3.78. The molecule has 0 radical (unpaired) electrons. The second-order valence-corrected chi connectivity index (χ2v) is 5.53. The SMILES string of the molecule is CC(C)n1c(Sc2ccc(N)c(C(N)=O)c2)n[nH]c1=O. The zero-order valence-electron chi connectivity index (χ0n) is 11.1. The fourth-order valence-corrected chi connectivity index (χ4v) is 2.74. The Bertz CT molecular complexity index is 704. The fraction of sp³-hybridized carbons (Fsp3) is 0.250. The summed E-state index contributed by atoms with van der Waals surface area (Å²) in [7, 11) is 0. The van der Waals surface area contributed by atoms with Gasteiger partial charge in [0.05, 0.1) is 5.56 Å². The van der Waals surface area contributed by atoms with Gasteiger partial charge in [-0.05, 0) is 43.8 Å². The van der Waals surface area contributed by atoms with Gasteiger partial charge in [-0.25, -0.2) is 9.89 Å². The maximum absolute atomic E-state index is 11.6. The molecule has 1 amide bonds. The molecule has 7 nitrogen and oxygen atoms in total. The molecule has 0 fully saturated rings. The van der Waals surface area contributed by atoms with Crippen LogP contribution in [-0.2, 0) is 0 Å². The normalized spacial score (nSPS) is 10.9. The monoisotopic (exact) mass is 293 g/mol. The summed E-state index contributed by atoms with van der Waals surface area (Å²) in [6, 6.07) is 4.92. The number of nitrogens with two attached hydrogens (primary N) is 2. The van der Waals surface area contributed by atoms with Gasteiger partial charge in [0.25, 0.3) is 5.91 Å². The number of nitrogen functional groups attached to an aromatic ring is 1. The molecule has 5 N–H and O–H groups in total. The molecule has 2 rings (SSSR count). The van der Waals surface area contributed by atoms with Crippen LogP contribution in [0.2, 0.25) is 0 Å². The Morgan fingerprint density at radius 1 is 1.45 bits per heavy atom. The average molecular weight is 293 g/mol. The zero-order chi connectivity index (χ0) is 14.9. The minimum Gasteiger partial charge on any atom is -0.398 e. The molecule has 0 saturated heterocycles. The maximum atomic E-state index is 11.6. The Labute approximate surface area is 119 Å². The second kappa shape index (κ2) is 5.41. The van der Waals surface area contributed by atoms with Crippen LogP contribution in [0.25, 0.3) is 0 Å². The van der Waals surface area contributed by atoms with Gasteiger partial charge in [0, 0.05) is 16.6 Å². The third kappa shape index (κ3) is 2.69. The van der Waals surface area contributed by atoms with E-state index in [1.165, 1.54) is 16.3 Å². The van der Waals surface area contributed by atoms with Crippen molar-refractivity contribution in [2.75, 3.05) is 5.73 Å². The third-order valence-corrected chi connectivity index (χ3v) is 3.65. The standard InChI is InChI=1S/C12H15N5O2S/c1-6(2)17-11(19)15-16-12(17)20-7-3-4-9(13)8(5-7)10(14)18/h3-6H,13H2,1-2H3,(H2,14,18)(H,15,19). The van der Waals surface area contributed by atoms with Crippen LogP contribution < -0.4 is 17.2 Å². The van der Waals surface area contributed by atoms with Gasteiger partial charge in [0.15, 0.2) is 5.16 Å². The van der Waals surface area contributed by atoms with Crippen molar-refractivity contribution in [3.8, 4) is 0 Å². The largest absolute Gasteiger partial charge is 0.398 e. The Morgan fingerprint density at radius 3 is 2.75 bits per heavy atom. The van der Waals surface area contributed by atoms with Gasteiger partial charge < -0.3 is 11.5 Å². The van der Waals surface area contributed by atoms with E-state index in [4.69, 9.17) is 11.5 Å². The van der Waals surface area contributed by atoms with E-state index in [-0.39, 0.29) is 17.3 Å². The van der Waals surface area contributed by atoms with Gasteiger partial charge in [-0.15, -0.1) is 5.10 Å². The lowest BCUT2D eigenvalue weighted by atomic mass is 10.2. The molecule has 106 valence electrons. The van der Waals surface area contributed by atoms with E-state index in [2.05, 4.69) is 10.2 Å². The fourth-order valence-electron chi connectivity index (χ4n) is 1.74. The van der Waals surface area contributed by atoms with E-state index in [9.17, 15) is 9.59 Å². The van der Waals surface area contributed by atoms with E-state index in [0.29, 0.717) is 10.8 Å². The number of hydrogen-bond donors (Lipinski definition) is 3. The van der Waals surface area contributed by atoms with Gasteiger partial charge in [0.2, 0.25) is 0 Å². The molecule has 1 heterocycles. The highest BCUT2D eigenvalue weighted by Crippen LogP contribution is 2.28. The molecule has 1 aromatic carbocycles. The number of H-pyrrole nitrogens is 1. The van der Waals surface area contributed by atoms with Gasteiger partial charge in [-0.1, -0.05) is 0 Å². The highest BCUT2D eigenvalue weighted by atomic mass is 32.2. The summed E-state index contributed by atoms with van der Waals surface area (Å²) >= 11 is 1.26. The highest BCUT2D eigenvalue weighted by Gasteiger charge is 2.14. The number of primary amides is 1. The van der Waals surface area contributed by atoms with Crippen LogP contribution in [0.4, 0.5) is 5.69 Å². The number of hydrogen-bond acceptors (Lipinski definition) is 5. The predicted molar refractivity (Wildman–Crippen MR) is 76.7 cm³/mol. The number of rotatable bonds is 4. The van der Waals surface area contributed by atoms with E-state index in [0.717, 1.165) is 4.90 Å². The van der Waals surface area contributed by atoms with Crippen LogP contribution in [0.3, 0.4) is 0 Å². The Balaban J connectivity index is 2.38. The molecule has 0 saturated carbocycles. The zero-order valence-corrected chi connectivity index (χ0v) is 11.9. The lowest BCUT2D eigenvalue weighted by molar-refractivity contribution is 0.100. The maximum Gasteiger partial charge on any atom is 0.344 e. The Morgan fingerprint density at radius 2 is 2.15 bits per heavy atom. The van der Waals surface area contributed by atoms with Crippen LogP contribution in [0.15, 0.2) is 33.0 Å². The number of carbonyl (C=O) groups is 1. The van der Waals surface area contributed by atoms with E-state index < -0.39 is 5.91 Å². The van der Waals surface area contributed by atoms with E-state index in [1.807, 2.05) is 13.8 Å². The summed E-state index contributed by atoms with van der Waals surface area (Å²) in [5, 5.41) is 6.90. The summed E-state index contributed by atoms with van der Waals surface area (Å²) in [5.74, 6) is -0.590. The minimum atomic E-state index is -0.590. The van der Waals surface area contributed by atoms with Crippen molar-refractivity contribution in [2.24, 2.45) is 5.73 Å². The van der Waals surface area contributed by atoms with Crippen molar-refractivity contribution in [3.05, 3.63) is 34.2 Å². The topological polar surface area (TPSA) is 120 Å². The lowest BCUT2D eigenvalue weighted by Crippen LogP contribution is -2.19. The van der Waals surface area contributed by atoms with Crippen molar-refractivity contribution in [1.82, 2.24) is 14.8 Å². The van der Waals surface area contributed by atoms with Crippen molar-refractivity contribution in [2.45, 2.75) is 29.9 Å². The van der Waals surface area contributed by atoms with Crippen LogP contribution in [-0.4, -0.2) is 20.7 Å². The van der Waals surface area contributed by atoms with Crippen molar-refractivity contribution >= 4 is 23.4 Å². The van der Waals surface area contributed by atoms with Gasteiger partial charge >= 0.3 is 5.69 Å². The van der Waals surface area contributed by atoms with Crippen LogP contribution in [0.5, 0.6) is 0 Å².